The van der Waals surface area contributed by atoms with Crippen LogP contribution in [-0.4, -0.2) is 4.57 Å². The van der Waals surface area contributed by atoms with Gasteiger partial charge < -0.3 is 0 Å². The number of allylic oxidation sites excluding steroid dienone is 2. The van der Waals surface area contributed by atoms with E-state index in [1.807, 2.05) is 71.3 Å². The maximum Gasteiger partial charge on any atom is 0.271 e. The lowest BCUT2D eigenvalue weighted by atomic mass is 9.84. The summed E-state index contributed by atoms with van der Waals surface area (Å²) in [6.07, 6.45) is 7.01. The van der Waals surface area contributed by atoms with Crippen molar-refractivity contribution in [1.82, 2.24) is 4.57 Å². The van der Waals surface area contributed by atoms with Crippen molar-refractivity contribution in [2.24, 2.45) is 4.99 Å². The topological polar surface area (TPSA) is 34.4 Å². The predicted octanol–water partition coefficient (Wildman–Crippen LogP) is 7.10. The highest BCUT2D eigenvalue weighted by Crippen LogP contribution is 2.41. The first-order valence-electron chi connectivity index (χ1n) is 12.3. The molecule has 0 radical (unpaired) electrons. The van der Waals surface area contributed by atoms with Gasteiger partial charge >= 0.3 is 0 Å². The van der Waals surface area contributed by atoms with Gasteiger partial charge in [-0.15, -0.1) is 0 Å². The Morgan fingerprint density at radius 1 is 0.865 bits per heavy atom. The van der Waals surface area contributed by atoms with E-state index in [1.165, 1.54) is 28.0 Å². The Labute approximate surface area is 229 Å². The second kappa shape index (κ2) is 9.94. The highest BCUT2D eigenvalue weighted by atomic mass is 35.5. The van der Waals surface area contributed by atoms with Crippen molar-refractivity contribution in [2.45, 2.75) is 32.2 Å². The zero-order chi connectivity index (χ0) is 25.5. The van der Waals surface area contributed by atoms with Gasteiger partial charge in [0.15, 0.2) is 4.80 Å². The average molecular weight is 544 g/mol. The summed E-state index contributed by atoms with van der Waals surface area (Å²) in [6.45, 7) is 2.06. The molecule has 0 saturated carbocycles. The van der Waals surface area contributed by atoms with Crippen LogP contribution in [0.5, 0.6) is 0 Å². The van der Waals surface area contributed by atoms with Crippen LogP contribution < -0.4 is 14.9 Å². The van der Waals surface area contributed by atoms with Crippen LogP contribution in [0.2, 0.25) is 10.0 Å². The van der Waals surface area contributed by atoms with E-state index >= 15 is 0 Å². The molecule has 1 aliphatic carbocycles. The molecule has 1 aromatic heterocycles. The van der Waals surface area contributed by atoms with Crippen LogP contribution in [-0.2, 0) is 0 Å². The molecule has 1 aliphatic heterocycles. The van der Waals surface area contributed by atoms with E-state index in [9.17, 15) is 4.79 Å². The summed E-state index contributed by atoms with van der Waals surface area (Å²) in [4.78, 5) is 19.7. The third kappa shape index (κ3) is 4.77. The van der Waals surface area contributed by atoms with Gasteiger partial charge in [0.2, 0.25) is 0 Å². The fraction of sp³-hybridized carbons (Fsp3) is 0.161. The van der Waals surface area contributed by atoms with Crippen molar-refractivity contribution < 1.29 is 0 Å². The number of aryl methyl sites for hydroxylation is 1. The number of nitrogens with zero attached hydrogens (tertiary/aromatic N) is 2. The van der Waals surface area contributed by atoms with Gasteiger partial charge in [0.25, 0.3) is 5.56 Å². The number of fused-ring (bicyclic) bond motifs is 1. The summed E-state index contributed by atoms with van der Waals surface area (Å²) in [5.74, 6) is 0. The lowest BCUT2D eigenvalue weighted by Gasteiger charge is -2.31. The normalized spacial score (nSPS) is 18.5. The average Bonchev–Trinajstić information content (AvgIpc) is 3.21. The quantitative estimate of drug-likeness (QED) is 0.272. The SMILES string of the molecule is Cc1ccc(/C=c2\sc3n(c2=O)C(c2ccc(Cl)cc2)C2=C(N=3)/C(=C\c3ccc(Cl)cc3)CCC2)cc1. The Bertz CT molecular complexity index is 1730. The van der Waals surface area contributed by atoms with E-state index in [-0.39, 0.29) is 11.6 Å². The van der Waals surface area contributed by atoms with Crippen LogP contribution in [0.25, 0.3) is 12.2 Å². The maximum absolute atomic E-state index is 13.8. The number of rotatable bonds is 3. The van der Waals surface area contributed by atoms with Crippen LogP contribution in [0.15, 0.2) is 99.4 Å². The van der Waals surface area contributed by atoms with Gasteiger partial charge in [-0.25, -0.2) is 4.99 Å². The monoisotopic (exact) mass is 542 g/mol. The summed E-state index contributed by atoms with van der Waals surface area (Å²) in [5, 5.41) is 1.40. The van der Waals surface area contributed by atoms with E-state index in [4.69, 9.17) is 28.2 Å². The molecule has 1 unspecified atom stereocenters. The first-order valence-corrected chi connectivity index (χ1v) is 13.9. The number of benzene rings is 3. The number of hydrogen-bond donors (Lipinski definition) is 0. The molecule has 0 spiro atoms. The molecule has 0 amide bonds. The van der Waals surface area contributed by atoms with Gasteiger partial charge in [-0.3, -0.25) is 9.36 Å². The highest BCUT2D eigenvalue weighted by molar-refractivity contribution is 7.07. The molecular weight excluding hydrogens is 519 g/mol. The zero-order valence-electron chi connectivity index (χ0n) is 20.2. The van der Waals surface area contributed by atoms with Crippen LogP contribution in [0, 0.1) is 6.92 Å². The van der Waals surface area contributed by atoms with E-state index < -0.39 is 0 Å². The minimum absolute atomic E-state index is 0.00960. The van der Waals surface area contributed by atoms with Crippen molar-refractivity contribution in [3.8, 4) is 0 Å². The molecule has 6 rings (SSSR count). The lowest BCUT2D eigenvalue weighted by Crippen LogP contribution is -2.39. The van der Waals surface area contributed by atoms with Gasteiger partial charge in [-0.05, 0) is 90.4 Å². The molecule has 0 saturated heterocycles. The molecule has 184 valence electrons. The largest absolute Gasteiger partial charge is 0.272 e. The summed E-state index contributed by atoms with van der Waals surface area (Å²) in [6, 6.07) is 23.7. The predicted molar refractivity (Wildman–Crippen MR) is 154 cm³/mol. The molecular formula is C31H24Cl2N2OS. The van der Waals surface area contributed by atoms with E-state index in [0.29, 0.717) is 9.55 Å². The molecule has 4 aromatic rings. The Balaban J connectivity index is 1.57. The third-order valence-corrected chi connectivity index (χ3v) is 8.39. The zero-order valence-corrected chi connectivity index (χ0v) is 22.6. The fourth-order valence-corrected chi connectivity index (χ4v) is 6.33. The van der Waals surface area contributed by atoms with Crippen molar-refractivity contribution >= 4 is 46.7 Å². The summed E-state index contributed by atoms with van der Waals surface area (Å²) in [7, 11) is 0. The fourth-order valence-electron chi connectivity index (χ4n) is 5.08. The lowest BCUT2D eigenvalue weighted by molar-refractivity contribution is 0.553. The summed E-state index contributed by atoms with van der Waals surface area (Å²) in [5.41, 5.74) is 7.70. The third-order valence-electron chi connectivity index (χ3n) is 6.90. The summed E-state index contributed by atoms with van der Waals surface area (Å²) >= 11 is 13.8. The molecule has 2 heterocycles. The van der Waals surface area contributed by atoms with Gasteiger partial charge in [-0.2, -0.15) is 0 Å². The first kappa shape index (κ1) is 24.2. The number of thiazole rings is 1. The van der Waals surface area contributed by atoms with Crippen LogP contribution >= 0.6 is 34.5 Å². The van der Waals surface area contributed by atoms with Crippen molar-refractivity contribution in [1.29, 1.82) is 0 Å². The van der Waals surface area contributed by atoms with E-state index in [2.05, 4.69) is 25.1 Å². The second-order valence-electron chi connectivity index (χ2n) is 9.49. The maximum atomic E-state index is 13.8. The standard InChI is InChI=1S/C31H24Cl2N2OS/c1-19-5-7-21(8-6-19)18-27-30(36)35-29(22-11-15-25(33)16-12-22)26-4-2-3-23(28(26)34-31(35)37-27)17-20-9-13-24(32)14-10-20/h5-18,29H,2-4H2,1H3/b23-17-,27-18-. The second-order valence-corrected chi connectivity index (χ2v) is 11.4. The van der Waals surface area contributed by atoms with E-state index in [0.717, 1.165) is 51.5 Å². The van der Waals surface area contributed by atoms with Crippen molar-refractivity contribution in [2.75, 3.05) is 0 Å². The van der Waals surface area contributed by atoms with Crippen LogP contribution in [0.4, 0.5) is 0 Å². The minimum Gasteiger partial charge on any atom is -0.272 e. The van der Waals surface area contributed by atoms with Crippen LogP contribution in [0.1, 0.15) is 47.6 Å². The number of aromatic nitrogens is 1. The highest BCUT2D eigenvalue weighted by Gasteiger charge is 2.32. The van der Waals surface area contributed by atoms with E-state index in [1.54, 1.807) is 0 Å². The molecule has 0 bridgehead atoms. The molecule has 1 atom stereocenters. The van der Waals surface area contributed by atoms with Gasteiger partial charge in [0.1, 0.15) is 0 Å². The van der Waals surface area contributed by atoms with Gasteiger partial charge in [0, 0.05) is 10.0 Å². The Morgan fingerprint density at radius 3 is 2.19 bits per heavy atom. The first-order chi connectivity index (χ1) is 18.0. The number of halogens is 2. The number of hydrogen-bond acceptors (Lipinski definition) is 3. The molecule has 37 heavy (non-hydrogen) atoms. The van der Waals surface area contributed by atoms with Gasteiger partial charge in [0.05, 0.1) is 16.3 Å². The molecule has 0 N–H and O–H groups in total. The van der Waals surface area contributed by atoms with Crippen molar-refractivity contribution in [3.05, 3.63) is 142 Å². The molecule has 0 fully saturated rings. The minimum atomic E-state index is -0.211. The Kier molecular flexibility index (Phi) is 6.49. The Hall–Kier alpha value is -3.18. The van der Waals surface area contributed by atoms with Crippen LogP contribution in [0.3, 0.4) is 0 Å². The van der Waals surface area contributed by atoms with Crippen molar-refractivity contribution in [3.63, 3.8) is 0 Å². The molecule has 3 nitrogen and oxygen atoms in total. The molecule has 6 heteroatoms. The smallest absolute Gasteiger partial charge is 0.271 e. The van der Waals surface area contributed by atoms with Gasteiger partial charge in [-0.1, -0.05) is 88.6 Å². The Morgan fingerprint density at radius 2 is 1.49 bits per heavy atom. The molecule has 3 aromatic carbocycles. The molecule has 2 aliphatic rings. The summed E-state index contributed by atoms with van der Waals surface area (Å²) < 4.78 is 2.56.